The Morgan fingerprint density at radius 1 is 0.427 bits per heavy atom. The zero-order valence-electron chi connectivity index (χ0n) is 40.2. The number of carboxylic acid groups (broad SMARTS) is 3. The third-order valence-corrected chi connectivity index (χ3v) is 10.2. The van der Waals surface area contributed by atoms with Crippen LogP contribution < -0.4 is 88.4 Å². The number of hydrogen-bond donors (Lipinski definition) is 20. The molecule has 0 heterocycles. The molecular weight excluding hydrogens is 1020 g/mol. The minimum atomic E-state index is -2.06. The molecule has 0 aromatic rings. The maximum absolute atomic E-state index is 13.9. The Kier molecular flexibility index (Phi) is 30.8. The second kappa shape index (κ2) is 34.7. The fourth-order valence-electron chi connectivity index (χ4n) is 6.10. The molecule has 0 saturated heterocycles. The fourth-order valence-corrected chi connectivity index (χ4v) is 6.36. The van der Waals surface area contributed by atoms with Crippen molar-refractivity contribution in [3.63, 3.8) is 0 Å². The van der Waals surface area contributed by atoms with E-state index in [1.807, 2.05) is 5.32 Å². The second-order valence-electron chi connectivity index (χ2n) is 16.1. The summed E-state index contributed by atoms with van der Waals surface area (Å²) in [6, 6.07) is -13.7. The normalized spacial score (nSPS) is 13.8. The lowest BCUT2D eigenvalue weighted by molar-refractivity contribution is -0.144. The van der Waals surface area contributed by atoms with Crippen LogP contribution in [0.2, 0.25) is 0 Å². The minimum absolute atomic E-state index is 0.0440. The first-order valence-corrected chi connectivity index (χ1v) is 23.0. The molecule has 0 aliphatic heterocycles. The topological polar surface area (TPSA) is 629 Å². The highest BCUT2D eigenvalue weighted by atomic mass is 32.1. The lowest BCUT2D eigenvalue weighted by Gasteiger charge is -2.26. The Morgan fingerprint density at radius 2 is 0.827 bits per heavy atom. The number of thiol groups is 1. The van der Waals surface area contributed by atoms with Gasteiger partial charge in [0.15, 0.2) is 11.9 Å². The highest BCUT2D eigenvalue weighted by Gasteiger charge is 2.35. The van der Waals surface area contributed by atoms with E-state index in [-0.39, 0.29) is 56.4 Å². The molecule has 0 spiro atoms. The largest absolute Gasteiger partial charge is 0.481 e. The van der Waals surface area contributed by atoms with E-state index >= 15 is 0 Å². The minimum Gasteiger partial charge on any atom is -0.481 e. The molecular formula is C39H66N18O17S. The molecule has 36 heteroatoms. The van der Waals surface area contributed by atoms with Crippen LogP contribution in [-0.4, -0.2) is 184 Å². The number of nitrogens with zero attached hydrogens (tertiary/aromatic N) is 2. The standard InChI is InChI=1S/C39H66N18O17S/c40-16(11-25(42)59)30(66)57-23(15-75)36(72)53-19(6-8-28(62)63)31(67)50-14-27(61)51-17(3-1-9-48-38(44)45)32(68)54-20(5-7-24(41)58)34(70)55-21(13-29(64)65)35(71)52-18(4-2-10-49-39(46)47)33(69)56-22(37(73)74)12-26(43)60/h16-23,75H,1-15,40H2,(H2,41,58)(H2,42,59)(H2,43,60)(H,50,67)(H,51,61)(H,52,71)(H,53,72)(H,54,68)(H,55,70)(H,56,69)(H,57,66)(H,62,63)(H,64,65)(H,73,74)(H4,44,45,48)(H4,46,47,49)/t16-,17-,18-,19-,20-,21-,22-,23-/m0/s1. The predicted octanol–water partition coefficient (Wildman–Crippen LogP) is -10.7. The van der Waals surface area contributed by atoms with Gasteiger partial charge in [-0.2, -0.15) is 12.6 Å². The molecule has 0 fully saturated rings. The lowest BCUT2D eigenvalue weighted by atomic mass is 10.0. The molecule has 0 aliphatic carbocycles. The number of aliphatic imine (C=N–C) groups is 2. The van der Waals surface area contributed by atoms with E-state index in [9.17, 15) is 82.4 Å². The number of guanidine groups is 2. The van der Waals surface area contributed by atoms with Crippen molar-refractivity contribution in [1.29, 1.82) is 0 Å². The van der Waals surface area contributed by atoms with E-state index in [2.05, 4.69) is 59.8 Å². The van der Waals surface area contributed by atoms with Gasteiger partial charge in [-0.25, -0.2) is 4.79 Å². The van der Waals surface area contributed by atoms with Crippen molar-refractivity contribution >= 4 is 107 Å². The molecule has 11 amide bonds. The third-order valence-electron chi connectivity index (χ3n) is 9.80. The number of hydrogen-bond acceptors (Lipinski definition) is 18. The molecule has 0 aromatic heterocycles. The second-order valence-corrected chi connectivity index (χ2v) is 16.5. The van der Waals surface area contributed by atoms with Crippen LogP contribution in [-0.2, 0) is 67.1 Å². The van der Waals surface area contributed by atoms with Gasteiger partial charge >= 0.3 is 17.9 Å². The Hall–Kier alpha value is -8.57. The van der Waals surface area contributed by atoms with E-state index in [0.717, 1.165) is 0 Å². The molecule has 27 N–H and O–H groups in total. The van der Waals surface area contributed by atoms with Crippen LogP contribution in [0.3, 0.4) is 0 Å². The highest BCUT2D eigenvalue weighted by molar-refractivity contribution is 7.80. The zero-order valence-corrected chi connectivity index (χ0v) is 41.1. The Labute approximate surface area is 431 Å². The van der Waals surface area contributed by atoms with E-state index in [1.54, 1.807) is 0 Å². The lowest BCUT2D eigenvalue weighted by Crippen LogP contribution is -2.59. The van der Waals surface area contributed by atoms with Gasteiger partial charge in [0.1, 0.15) is 42.3 Å². The van der Waals surface area contributed by atoms with Crippen molar-refractivity contribution in [2.75, 3.05) is 25.4 Å². The van der Waals surface area contributed by atoms with Crippen molar-refractivity contribution in [2.45, 2.75) is 119 Å². The van der Waals surface area contributed by atoms with Gasteiger partial charge in [0, 0.05) is 31.7 Å². The Morgan fingerprint density at radius 3 is 1.25 bits per heavy atom. The van der Waals surface area contributed by atoms with Gasteiger partial charge in [-0.3, -0.25) is 72.3 Å². The summed E-state index contributed by atoms with van der Waals surface area (Å²) in [7, 11) is 0. The van der Waals surface area contributed by atoms with Crippen LogP contribution in [0.1, 0.15) is 70.6 Å². The number of carbonyl (C=O) groups is 14. The number of nitrogens with two attached hydrogens (primary N) is 8. The summed E-state index contributed by atoms with van der Waals surface area (Å²) in [6.07, 6.45) is -5.83. The van der Waals surface area contributed by atoms with Crippen LogP contribution in [0.15, 0.2) is 9.98 Å². The van der Waals surface area contributed by atoms with Crippen molar-refractivity contribution < 1.29 is 82.4 Å². The van der Waals surface area contributed by atoms with E-state index in [0.29, 0.717) is 0 Å². The summed E-state index contributed by atoms with van der Waals surface area (Å²) in [4.78, 5) is 184. The first-order valence-electron chi connectivity index (χ1n) is 22.3. The first kappa shape index (κ1) is 66.4. The molecule has 420 valence electrons. The number of carboxylic acids is 3. The SMILES string of the molecule is NC(=O)CC[C@H](NC(=O)[C@H](CCCN=C(N)N)NC(=O)CNC(=O)[C@H](CCC(=O)O)NC(=O)[C@H](CS)NC(=O)[C@@H](N)CC(N)=O)C(=O)N[C@@H](CC(=O)O)C(=O)N[C@@H](CCCN=C(N)N)C(=O)N[C@@H](CC(N)=O)C(=O)O. The molecule has 0 unspecified atom stereocenters. The smallest absolute Gasteiger partial charge is 0.326 e. The average Bonchev–Trinajstić information content (AvgIpc) is 3.30. The number of rotatable bonds is 38. The molecule has 8 atom stereocenters. The van der Waals surface area contributed by atoms with E-state index in [4.69, 9.17) is 45.9 Å². The summed E-state index contributed by atoms with van der Waals surface area (Å²) >= 11 is 3.99. The number of aliphatic carboxylic acids is 3. The zero-order chi connectivity index (χ0) is 57.5. The van der Waals surface area contributed by atoms with Crippen LogP contribution in [0.25, 0.3) is 0 Å². The molecule has 0 saturated carbocycles. The highest BCUT2D eigenvalue weighted by Crippen LogP contribution is 2.08. The van der Waals surface area contributed by atoms with Crippen molar-refractivity contribution in [3.05, 3.63) is 0 Å². The Balaban J connectivity index is 6.62. The Bertz CT molecular complexity index is 2160. The van der Waals surface area contributed by atoms with Crippen molar-refractivity contribution in [2.24, 2.45) is 55.9 Å². The molecule has 0 aliphatic rings. The number of carbonyl (C=O) groups excluding carboxylic acids is 11. The van der Waals surface area contributed by atoms with Gasteiger partial charge in [-0.05, 0) is 38.5 Å². The number of amides is 11. The van der Waals surface area contributed by atoms with Crippen LogP contribution >= 0.6 is 12.6 Å². The van der Waals surface area contributed by atoms with Gasteiger partial charge in [-0.15, -0.1) is 0 Å². The summed E-state index contributed by atoms with van der Waals surface area (Å²) in [5, 5.41) is 45.9. The maximum atomic E-state index is 13.9. The van der Waals surface area contributed by atoms with Gasteiger partial charge in [0.2, 0.25) is 65.0 Å². The van der Waals surface area contributed by atoms with Gasteiger partial charge in [0.05, 0.1) is 31.8 Å². The maximum Gasteiger partial charge on any atom is 0.326 e. The molecule has 75 heavy (non-hydrogen) atoms. The van der Waals surface area contributed by atoms with Crippen molar-refractivity contribution in [1.82, 2.24) is 42.5 Å². The monoisotopic (exact) mass is 1090 g/mol. The van der Waals surface area contributed by atoms with Gasteiger partial charge < -0.3 is 104 Å². The quantitative estimate of drug-likeness (QED) is 0.0118. The van der Waals surface area contributed by atoms with Crippen LogP contribution in [0.4, 0.5) is 0 Å². The van der Waals surface area contributed by atoms with Crippen molar-refractivity contribution in [3.8, 4) is 0 Å². The van der Waals surface area contributed by atoms with E-state index < -0.39 is 183 Å². The number of primary amides is 3. The summed E-state index contributed by atoms with van der Waals surface area (Å²) in [6.45, 7) is -1.19. The van der Waals surface area contributed by atoms with Crippen LogP contribution in [0.5, 0.6) is 0 Å². The summed E-state index contributed by atoms with van der Waals surface area (Å²) in [5.74, 6) is -18.2. The molecule has 0 radical (unpaired) electrons. The summed E-state index contributed by atoms with van der Waals surface area (Å²) < 4.78 is 0. The molecule has 0 rings (SSSR count). The predicted molar refractivity (Wildman–Crippen MR) is 261 cm³/mol. The van der Waals surface area contributed by atoms with Gasteiger partial charge in [-0.1, -0.05) is 0 Å². The number of nitrogens with one attached hydrogen (secondary N) is 8. The van der Waals surface area contributed by atoms with Gasteiger partial charge in [0.25, 0.3) is 0 Å². The van der Waals surface area contributed by atoms with E-state index in [1.165, 1.54) is 0 Å². The average molecular weight is 1090 g/mol. The molecule has 0 bridgehead atoms. The third kappa shape index (κ3) is 29.5. The summed E-state index contributed by atoms with van der Waals surface area (Å²) in [5.41, 5.74) is 42.4. The first-order chi connectivity index (χ1) is 35.0. The molecule has 35 nitrogen and oxygen atoms in total. The molecule has 0 aromatic carbocycles. The van der Waals surface area contributed by atoms with Crippen LogP contribution in [0, 0.1) is 0 Å². The fraction of sp³-hybridized carbons (Fsp3) is 0.590.